The molecule has 3 aliphatic rings. The Kier molecular flexibility index (Phi) is 7.90. The maximum absolute atomic E-state index is 16.0. The fourth-order valence-corrected chi connectivity index (χ4v) is 7.57. The molecule has 2 aromatic carbocycles. The van der Waals surface area contributed by atoms with E-state index in [9.17, 15) is 19.5 Å². The molecule has 4 unspecified atom stereocenters. The summed E-state index contributed by atoms with van der Waals surface area (Å²) in [5.74, 6) is -3.09. The van der Waals surface area contributed by atoms with E-state index in [1.807, 2.05) is 20.8 Å². The molecule has 0 radical (unpaired) electrons. The van der Waals surface area contributed by atoms with Crippen LogP contribution in [0.2, 0.25) is 10.0 Å². The van der Waals surface area contributed by atoms with Crippen LogP contribution in [0, 0.1) is 11.2 Å². The van der Waals surface area contributed by atoms with Gasteiger partial charge in [-0.3, -0.25) is 14.4 Å². The molecular weight excluding hydrogens is 568 g/mol. The lowest BCUT2D eigenvalue weighted by atomic mass is 9.62. The van der Waals surface area contributed by atoms with Crippen LogP contribution >= 0.6 is 23.2 Å². The summed E-state index contributed by atoms with van der Waals surface area (Å²) in [5.41, 5.74) is -0.747. The summed E-state index contributed by atoms with van der Waals surface area (Å²) in [6, 6.07) is 7.40. The van der Waals surface area contributed by atoms with E-state index >= 15 is 4.39 Å². The molecule has 3 N–H and O–H groups in total. The van der Waals surface area contributed by atoms with E-state index in [0.717, 1.165) is 0 Å². The number of aliphatic hydroxyl groups is 1. The van der Waals surface area contributed by atoms with Crippen LogP contribution in [0.5, 0.6) is 0 Å². The van der Waals surface area contributed by atoms with E-state index in [1.54, 1.807) is 30.3 Å². The van der Waals surface area contributed by atoms with Crippen molar-refractivity contribution in [1.29, 1.82) is 0 Å². The zero-order valence-corrected chi connectivity index (χ0v) is 25.2. The fourth-order valence-electron chi connectivity index (χ4n) is 7.21. The number of halogens is 3. The highest BCUT2D eigenvalue weighted by molar-refractivity contribution is 6.31. The second-order valence-corrected chi connectivity index (χ2v) is 13.6. The first-order chi connectivity index (χ1) is 19.3. The Morgan fingerprint density at radius 2 is 1.83 bits per heavy atom. The van der Waals surface area contributed by atoms with Gasteiger partial charge in [-0.25, -0.2) is 4.39 Å². The molecule has 3 amide bonds. The summed E-state index contributed by atoms with van der Waals surface area (Å²) in [7, 11) is 0. The average Bonchev–Trinajstić information content (AvgIpc) is 3.33. The van der Waals surface area contributed by atoms with Crippen LogP contribution in [-0.4, -0.2) is 52.0 Å². The minimum Gasteiger partial charge on any atom is -0.393 e. The molecule has 4 atom stereocenters. The molecule has 1 aliphatic carbocycles. The molecule has 220 valence electrons. The number of hydrogen-bond donors (Lipinski definition) is 3. The van der Waals surface area contributed by atoms with Crippen LogP contribution in [-0.2, 0) is 19.8 Å². The number of benzene rings is 2. The highest BCUT2D eigenvalue weighted by Crippen LogP contribution is 2.60. The van der Waals surface area contributed by atoms with Crippen molar-refractivity contribution in [2.75, 3.05) is 5.32 Å². The van der Waals surface area contributed by atoms with Gasteiger partial charge in [0, 0.05) is 29.6 Å². The zero-order chi connectivity index (χ0) is 29.9. The molecule has 2 heterocycles. The van der Waals surface area contributed by atoms with Gasteiger partial charge in [0.15, 0.2) is 0 Å². The lowest BCUT2D eigenvalue weighted by Crippen LogP contribution is -2.53. The van der Waals surface area contributed by atoms with Crippen LogP contribution in [0.15, 0.2) is 36.4 Å². The molecule has 1 spiro atoms. The summed E-state index contributed by atoms with van der Waals surface area (Å²) >= 11 is 12.6. The maximum atomic E-state index is 16.0. The SMILES string of the molecule is CC(=O)N1C(C(=O)NC2CCC(O)CC2)C(c2cccc(Cl)c2F)C2(C(=O)Nc3cc(Cl)ccc32)C1CC(C)(C)C. The number of aliphatic hydroxyl groups excluding tert-OH is 1. The van der Waals surface area contributed by atoms with Crippen LogP contribution in [0.3, 0.4) is 0 Å². The minimum absolute atomic E-state index is 0.0947. The van der Waals surface area contributed by atoms with E-state index in [1.165, 1.54) is 17.9 Å². The number of carbonyl (C=O) groups excluding carboxylic acids is 3. The van der Waals surface area contributed by atoms with Gasteiger partial charge in [0.1, 0.15) is 17.3 Å². The van der Waals surface area contributed by atoms with Gasteiger partial charge in [-0.2, -0.15) is 0 Å². The topological polar surface area (TPSA) is 98.7 Å². The first-order valence-electron chi connectivity index (χ1n) is 14.1. The molecule has 1 saturated carbocycles. The molecule has 5 rings (SSSR count). The number of nitrogens with zero attached hydrogens (tertiary/aromatic N) is 1. The van der Waals surface area contributed by atoms with Crippen molar-refractivity contribution in [2.45, 2.75) is 95.4 Å². The Hall–Kier alpha value is -2.68. The largest absolute Gasteiger partial charge is 0.393 e. The summed E-state index contributed by atoms with van der Waals surface area (Å²) < 4.78 is 16.0. The Labute approximate surface area is 249 Å². The van der Waals surface area contributed by atoms with E-state index in [4.69, 9.17) is 23.2 Å². The first kappa shape index (κ1) is 29.8. The van der Waals surface area contributed by atoms with E-state index in [-0.39, 0.29) is 22.0 Å². The van der Waals surface area contributed by atoms with Gasteiger partial charge in [0.05, 0.1) is 17.2 Å². The third kappa shape index (κ3) is 5.12. The Bertz CT molecular complexity index is 1390. The number of rotatable bonds is 4. The van der Waals surface area contributed by atoms with Crippen molar-refractivity contribution in [3.63, 3.8) is 0 Å². The normalized spacial score (nSPS) is 29.4. The highest BCUT2D eigenvalue weighted by Gasteiger charge is 2.70. The van der Waals surface area contributed by atoms with E-state index in [2.05, 4.69) is 10.6 Å². The summed E-state index contributed by atoms with van der Waals surface area (Å²) in [4.78, 5) is 43.8. The number of anilines is 1. The minimum atomic E-state index is -1.50. The highest BCUT2D eigenvalue weighted by atomic mass is 35.5. The van der Waals surface area contributed by atoms with Gasteiger partial charge in [-0.05, 0) is 66.8 Å². The molecule has 1 saturated heterocycles. The Morgan fingerprint density at radius 3 is 2.46 bits per heavy atom. The lowest BCUT2D eigenvalue weighted by molar-refractivity contribution is -0.140. The molecule has 10 heteroatoms. The monoisotopic (exact) mass is 603 g/mol. The number of hydrogen-bond acceptors (Lipinski definition) is 4. The third-order valence-corrected chi connectivity index (χ3v) is 9.34. The number of likely N-dealkylation sites (tertiary alicyclic amines) is 1. The summed E-state index contributed by atoms with van der Waals surface area (Å²) in [5, 5.41) is 16.3. The van der Waals surface area contributed by atoms with Gasteiger partial charge in [-0.15, -0.1) is 0 Å². The number of amides is 3. The van der Waals surface area contributed by atoms with Crippen molar-refractivity contribution in [3.05, 3.63) is 63.4 Å². The van der Waals surface area contributed by atoms with Crippen molar-refractivity contribution in [2.24, 2.45) is 5.41 Å². The Morgan fingerprint density at radius 1 is 1.15 bits per heavy atom. The third-order valence-electron chi connectivity index (χ3n) is 8.82. The zero-order valence-electron chi connectivity index (χ0n) is 23.6. The average molecular weight is 605 g/mol. The quantitative estimate of drug-likeness (QED) is 0.426. The van der Waals surface area contributed by atoms with E-state index in [0.29, 0.717) is 48.4 Å². The van der Waals surface area contributed by atoms with Crippen molar-refractivity contribution < 1.29 is 23.9 Å². The predicted molar refractivity (Wildman–Crippen MR) is 156 cm³/mol. The van der Waals surface area contributed by atoms with Crippen LogP contribution < -0.4 is 10.6 Å². The summed E-state index contributed by atoms with van der Waals surface area (Å²) in [6.07, 6.45) is 2.20. The molecule has 41 heavy (non-hydrogen) atoms. The summed E-state index contributed by atoms with van der Waals surface area (Å²) in [6.45, 7) is 7.39. The van der Waals surface area contributed by atoms with Crippen molar-refractivity contribution >= 4 is 46.6 Å². The molecule has 7 nitrogen and oxygen atoms in total. The van der Waals surface area contributed by atoms with Gasteiger partial charge in [-0.1, -0.05) is 62.2 Å². The number of fused-ring (bicyclic) bond motifs is 2. The van der Waals surface area contributed by atoms with Crippen LogP contribution in [0.1, 0.15) is 76.8 Å². The molecule has 2 fully saturated rings. The fraction of sp³-hybridized carbons (Fsp3) is 0.516. The Balaban J connectivity index is 1.78. The van der Waals surface area contributed by atoms with Gasteiger partial charge >= 0.3 is 0 Å². The van der Waals surface area contributed by atoms with Gasteiger partial charge in [0.25, 0.3) is 0 Å². The van der Waals surface area contributed by atoms with Crippen LogP contribution in [0.4, 0.5) is 10.1 Å². The number of carbonyl (C=O) groups is 3. The molecular formula is C31H36Cl2FN3O4. The molecule has 0 bridgehead atoms. The standard InChI is InChI=1S/C31H36Cl2FN3O4/c1-16(38)37-24(15-30(2,3)4)31(21-13-8-17(32)14-23(21)36-29(31)41)25(20-6-5-7-22(33)26(20)34)27(37)28(40)35-18-9-11-19(39)12-10-18/h5-8,13-14,18-19,24-25,27,39H,9-12,15H2,1-4H3,(H,35,40)(H,36,41). The number of nitrogens with one attached hydrogen (secondary N) is 2. The van der Waals surface area contributed by atoms with E-state index < -0.39 is 53.1 Å². The van der Waals surface area contributed by atoms with Crippen LogP contribution in [0.25, 0.3) is 0 Å². The first-order valence-corrected chi connectivity index (χ1v) is 14.8. The van der Waals surface area contributed by atoms with Gasteiger partial charge < -0.3 is 20.6 Å². The molecule has 0 aromatic heterocycles. The predicted octanol–water partition coefficient (Wildman–Crippen LogP) is 5.56. The van der Waals surface area contributed by atoms with Crippen molar-refractivity contribution in [3.8, 4) is 0 Å². The molecule has 2 aliphatic heterocycles. The van der Waals surface area contributed by atoms with Gasteiger partial charge in [0.2, 0.25) is 17.7 Å². The smallest absolute Gasteiger partial charge is 0.243 e. The maximum Gasteiger partial charge on any atom is 0.243 e. The van der Waals surface area contributed by atoms with Crippen molar-refractivity contribution in [1.82, 2.24) is 10.2 Å². The lowest BCUT2D eigenvalue weighted by Gasteiger charge is -2.39. The molecule has 2 aromatic rings. The second kappa shape index (κ2) is 10.9. The second-order valence-electron chi connectivity index (χ2n) is 12.8.